The fraction of sp³-hybridized carbons (Fsp3) is 0. The zero-order valence-corrected chi connectivity index (χ0v) is 9.95. The Labute approximate surface area is 108 Å². The topological polar surface area (TPSA) is 85.3 Å². The van der Waals surface area contributed by atoms with Crippen LogP contribution in [0.4, 0.5) is 11.4 Å². The maximum atomic E-state index is 12.2. The van der Waals surface area contributed by atoms with Gasteiger partial charge < -0.3 is 11.1 Å². The number of amides is 1. The molecule has 0 aliphatic rings. The highest BCUT2D eigenvalue weighted by atomic mass is 16.1. The maximum absolute atomic E-state index is 12.2. The van der Waals surface area contributed by atoms with Crippen LogP contribution in [0.15, 0.2) is 49.1 Å². The molecule has 94 valence electrons. The highest BCUT2D eigenvalue weighted by molar-refractivity contribution is 6.08. The summed E-state index contributed by atoms with van der Waals surface area (Å²) in [6.07, 6.45) is 6.41. The number of nitrogens with one attached hydrogen (secondary N) is 1. The Morgan fingerprint density at radius 3 is 3.05 bits per heavy atom. The summed E-state index contributed by atoms with van der Waals surface area (Å²) in [5.74, 6) is -0.242. The second-order valence-corrected chi connectivity index (χ2v) is 4.04. The summed E-state index contributed by atoms with van der Waals surface area (Å²) in [5, 5.41) is 6.87. The van der Waals surface area contributed by atoms with Gasteiger partial charge in [0.25, 0.3) is 5.91 Å². The van der Waals surface area contributed by atoms with Crippen molar-refractivity contribution in [1.82, 2.24) is 14.6 Å². The Balaban J connectivity index is 1.92. The monoisotopic (exact) mass is 253 g/mol. The van der Waals surface area contributed by atoms with Crippen molar-refractivity contribution >= 4 is 22.8 Å². The van der Waals surface area contributed by atoms with E-state index >= 15 is 0 Å². The van der Waals surface area contributed by atoms with Gasteiger partial charge in [0.15, 0.2) is 0 Å². The van der Waals surface area contributed by atoms with Gasteiger partial charge >= 0.3 is 0 Å². The van der Waals surface area contributed by atoms with E-state index in [9.17, 15) is 4.79 Å². The lowest BCUT2D eigenvalue weighted by atomic mass is 10.2. The van der Waals surface area contributed by atoms with Crippen LogP contribution in [0.1, 0.15) is 10.4 Å². The summed E-state index contributed by atoms with van der Waals surface area (Å²) >= 11 is 0. The molecule has 2 aromatic heterocycles. The molecule has 0 radical (unpaired) electrons. The third kappa shape index (κ3) is 2.11. The Kier molecular flexibility index (Phi) is 2.60. The molecule has 0 atom stereocenters. The standard InChI is InChI=1S/C13H11N5O/c14-9-2-1-3-10(6-9)17-13(19)11-7-16-18-5-4-15-8-12(11)18/h1-8H,14H2,(H,17,19). The number of hydrogen-bond acceptors (Lipinski definition) is 4. The molecule has 3 aromatic rings. The first kappa shape index (κ1) is 11.2. The number of nitrogens with two attached hydrogens (primary N) is 1. The highest BCUT2D eigenvalue weighted by Gasteiger charge is 2.12. The second-order valence-electron chi connectivity index (χ2n) is 4.04. The molecule has 0 aliphatic carbocycles. The third-order valence-corrected chi connectivity index (χ3v) is 2.71. The van der Waals surface area contributed by atoms with Crippen molar-refractivity contribution in [2.75, 3.05) is 11.1 Å². The molecule has 6 heteroatoms. The molecule has 0 aliphatic heterocycles. The van der Waals surface area contributed by atoms with Crippen LogP contribution in [-0.4, -0.2) is 20.5 Å². The van der Waals surface area contributed by atoms with Crippen molar-refractivity contribution in [3.63, 3.8) is 0 Å². The lowest BCUT2D eigenvalue weighted by Gasteiger charge is -2.04. The van der Waals surface area contributed by atoms with Gasteiger partial charge in [-0.25, -0.2) is 4.52 Å². The molecule has 1 amide bonds. The van der Waals surface area contributed by atoms with Crippen molar-refractivity contribution in [3.05, 3.63) is 54.6 Å². The van der Waals surface area contributed by atoms with Crippen LogP contribution in [0.3, 0.4) is 0 Å². The molecule has 0 saturated carbocycles. The number of nitrogens with zero attached hydrogens (tertiary/aromatic N) is 3. The highest BCUT2D eigenvalue weighted by Crippen LogP contribution is 2.15. The van der Waals surface area contributed by atoms with E-state index in [1.807, 2.05) is 0 Å². The van der Waals surface area contributed by atoms with E-state index in [1.165, 1.54) is 6.20 Å². The van der Waals surface area contributed by atoms with Crippen LogP contribution in [0.5, 0.6) is 0 Å². The van der Waals surface area contributed by atoms with Gasteiger partial charge in [0, 0.05) is 23.8 Å². The average Bonchev–Trinajstić information content (AvgIpc) is 2.82. The van der Waals surface area contributed by atoms with Gasteiger partial charge in [-0.2, -0.15) is 5.10 Å². The first-order valence-corrected chi connectivity index (χ1v) is 5.68. The fourth-order valence-corrected chi connectivity index (χ4v) is 1.82. The van der Waals surface area contributed by atoms with Crippen LogP contribution in [0.2, 0.25) is 0 Å². The number of rotatable bonds is 2. The van der Waals surface area contributed by atoms with E-state index in [0.717, 1.165) is 0 Å². The largest absolute Gasteiger partial charge is 0.399 e. The lowest BCUT2D eigenvalue weighted by molar-refractivity contribution is 0.102. The van der Waals surface area contributed by atoms with Crippen molar-refractivity contribution in [3.8, 4) is 0 Å². The summed E-state index contributed by atoms with van der Waals surface area (Å²) in [4.78, 5) is 16.2. The fourth-order valence-electron chi connectivity index (χ4n) is 1.82. The number of nitrogen functional groups attached to an aromatic ring is 1. The van der Waals surface area contributed by atoms with Crippen LogP contribution in [-0.2, 0) is 0 Å². The molecule has 0 saturated heterocycles. The minimum Gasteiger partial charge on any atom is -0.399 e. The molecular weight excluding hydrogens is 242 g/mol. The zero-order valence-electron chi connectivity index (χ0n) is 9.95. The molecule has 6 nitrogen and oxygen atoms in total. The van der Waals surface area contributed by atoms with Gasteiger partial charge in [-0.15, -0.1) is 0 Å². The Morgan fingerprint density at radius 2 is 2.21 bits per heavy atom. The van der Waals surface area contributed by atoms with E-state index in [1.54, 1.807) is 47.4 Å². The van der Waals surface area contributed by atoms with E-state index in [0.29, 0.717) is 22.5 Å². The minimum absolute atomic E-state index is 0.242. The number of hydrogen-bond donors (Lipinski definition) is 2. The zero-order chi connectivity index (χ0) is 13.2. The number of anilines is 2. The van der Waals surface area contributed by atoms with E-state index < -0.39 is 0 Å². The van der Waals surface area contributed by atoms with Gasteiger partial charge in [-0.3, -0.25) is 9.78 Å². The molecule has 0 fully saturated rings. The molecule has 1 aromatic carbocycles. The van der Waals surface area contributed by atoms with Crippen molar-refractivity contribution in [2.24, 2.45) is 0 Å². The summed E-state index contributed by atoms with van der Waals surface area (Å²) in [5.41, 5.74) is 8.03. The minimum atomic E-state index is -0.242. The van der Waals surface area contributed by atoms with Gasteiger partial charge in [-0.05, 0) is 18.2 Å². The van der Waals surface area contributed by atoms with E-state index in [-0.39, 0.29) is 5.91 Å². The van der Waals surface area contributed by atoms with Crippen LogP contribution in [0, 0.1) is 0 Å². The molecule has 19 heavy (non-hydrogen) atoms. The summed E-state index contributed by atoms with van der Waals surface area (Å²) in [6.45, 7) is 0. The van der Waals surface area contributed by atoms with Gasteiger partial charge in [0.2, 0.25) is 0 Å². The average molecular weight is 253 g/mol. The Hall–Kier alpha value is -2.89. The first-order chi connectivity index (χ1) is 9.24. The molecule has 2 heterocycles. The smallest absolute Gasteiger partial charge is 0.259 e. The summed E-state index contributed by atoms with van der Waals surface area (Å²) in [6, 6.07) is 7.01. The van der Waals surface area contributed by atoms with Crippen molar-refractivity contribution in [2.45, 2.75) is 0 Å². The van der Waals surface area contributed by atoms with E-state index in [2.05, 4.69) is 15.4 Å². The third-order valence-electron chi connectivity index (χ3n) is 2.71. The molecule has 3 N–H and O–H groups in total. The van der Waals surface area contributed by atoms with Crippen LogP contribution in [0.25, 0.3) is 5.52 Å². The van der Waals surface area contributed by atoms with Gasteiger partial charge in [0.1, 0.15) is 0 Å². The SMILES string of the molecule is Nc1cccc(NC(=O)c2cnn3ccncc23)c1. The molecule has 3 rings (SSSR count). The number of benzene rings is 1. The normalized spacial score (nSPS) is 10.5. The predicted octanol–water partition coefficient (Wildman–Crippen LogP) is 1.56. The molecular formula is C13H11N5O. The van der Waals surface area contributed by atoms with Crippen LogP contribution >= 0.6 is 0 Å². The first-order valence-electron chi connectivity index (χ1n) is 5.68. The second kappa shape index (κ2) is 4.41. The number of aromatic nitrogens is 3. The number of carbonyl (C=O) groups excluding carboxylic acids is 1. The number of fused-ring (bicyclic) bond motifs is 1. The van der Waals surface area contributed by atoms with Crippen molar-refractivity contribution < 1.29 is 4.79 Å². The van der Waals surface area contributed by atoms with E-state index in [4.69, 9.17) is 5.73 Å². The van der Waals surface area contributed by atoms with Crippen LogP contribution < -0.4 is 11.1 Å². The number of carbonyl (C=O) groups is 1. The molecule has 0 bridgehead atoms. The molecule has 0 unspecified atom stereocenters. The van der Waals surface area contributed by atoms with Gasteiger partial charge in [0.05, 0.1) is 23.5 Å². The quantitative estimate of drug-likeness (QED) is 0.679. The van der Waals surface area contributed by atoms with Gasteiger partial charge in [-0.1, -0.05) is 6.07 Å². The Morgan fingerprint density at radius 1 is 1.32 bits per heavy atom. The van der Waals surface area contributed by atoms with Crippen molar-refractivity contribution in [1.29, 1.82) is 0 Å². The lowest BCUT2D eigenvalue weighted by Crippen LogP contribution is -2.11. The summed E-state index contributed by atoms with van der Waals surface area (Å²) < 4.78 is 1.60. The maximum Gasteiger partial charge on any atom is 0.259 e. The molecule has 0 spiro atoms. The Bertz CT molecular complexity index is 749. The predicted molar refractivity (Wildman–Crippen MR) is 71.8 cm³/mol. The summed E-state index contributed by atoms with van der Waals surface area (Å²) in [7, 11) is 0.